The summed E-state index contributed by atoms with van der Waals surface area (Å²) < 4.78 is 34.4. The third-order valence-electron chi connectivity index (χ3n) is 8.16. The van der Waals surface area contributed by atoms with Crippen molar-refractivity contribution in [3.63, 3.8) is 0 Å². The van der Waals surface area contributed by atoms with Crippen LogP contribution in [0.1, 0.15) is 71.1 Å². The highest BCUT2D eigenvalue weighted by Crippen LogP contribution is 2.47. The third kappa shape index (κ3) is 3.45. The van der Waals surface area contributed by atoms with E-state index in [2.05, 4.69) is 4.90 Å². The van der Waals surface area contributed by atoms with Gasteiger partial charge in [0.15, 0.2) is 0 Å². The number of rotatable bonds is 3. The Morgan fingerprint density at radius 1 is 1.00 bits per heavy atom. The molecule has 3 saturated heterocycles. The Balaban J connectivity index is 1.22. The second-order valence-corrected chi connectivity index (χ2v) is 9.77. The summed E-state index contributed by atoms with van der Waals surface area (Å²) in [4.78, 5) is 30.8. The molecule has 0 saturated carbocycles. The summed E-state index contributed by atoms with van der Waals surface area (Å²) in [5.41, 5.74) is 0.717. The van der Waals surface area contributed by atoms with Gasteiger partial charge in [-0.25, -0.2) is 4.79 Å². The van der Waals surface area contributed by atoms with Crippen LogP contribution in [-0.4, -0.2) is 76.5 Å². The highest BCUT2D eigenvalue weighted by Gasteiger charge is 2.56. The minimum Gasteiger partial charge on any atom is -0.450 e. The van der Waals surface area contributed by atoms with Gasteiger partial charge in [-0.1, -0.05) is 0 Å². The largest absolute Gasteiger partial charge is 0.450 e. The van der Waals surface area contributed by atoms with Gasteiger partial charge in [0.2, 0.25) is 0 Å². The van der Waals surface area contributed by atoms with Crippen molar-refractivity contribution in [1.29, 1.82) is 0 Å². The molecule has 5 rings (SSSR count). The lowest BCUT2D eigenvalue weighted by atomic mass is 9.92. The maximum atomic E-state index is 14.6. The van der Waals surface area contributed by atoms with Gasteiger partial charge in [-0.2, -0.15) is 8.78 Å². The molecule has 8 heteroatoms. The van der Waals surface area contributed by atoms with E-state index in [0.29, 0.717) is 31.2 Å². The number of allylic oxidation sites excluding steroid dienone is 1. The lowest BCUT2D eigenvalue weighted by molar-refractivity contribution is -0.149. The average Bonchev–Trinajstić information content (AvgIpc) is 3.15. The number of amides is 2. The minimum atomic E-state index is -3.30. The van der Waals surface area contributed by atoms with E-state index in [1.807, 2.05) is 11.8 Å². The average molecular weight is 438 g/mol. The molecule has 0 aromatic heterocycles. The summed E-state index contributed by atoms with van der Waals surface area (Å²) in [6, 6.07) is 0.796. The van der Waals surface area contributed by atoms with Crippen LogP contribution in [0.2, 0.25) is 0 Å². The Kier molecular flexibility index (Phi) is 5.47. The predicted octanol–water partition coefficient (Wildman–Crippen LogP) is 3.91. The van der Waals surface area contributed by atoms with Crippen molar-refractivity contribution in [2.24, 2.45) is 0 Å². The number of nitrogens with zero attached hydrogens (tertiary/aromatic N) is 3. The standard InChI is InChI=1S/C23H33F2N3O3/c1-2-31-22(30)27-16-7-8-17(27)14-18(13-16)26-11-9-15(10-12-26)28-20-6-4-3-5-19(20)23(24,25)21(28)29/h15-18H,2-14H2,1H3/t16-,17?,18?/m1/s1. The summed E-state index contributed by atoms with van der Waals surface area (Å²) in [7, 11) is 0. The molecule has 1 aliphatic carbocycles. The molecule has 0 N–H and O–H groups in total. The van der Waals surface area contributed by atoms with E-state index >= 15 is 0 Å². The second kappa shape index (κ2) is 8.01. The molecule has 0 aromatic rings. The first kappa shape index (κ1) is 21.2. The number of ether oxygens (including phenoxy) is 1. The van der Waals surface area contributed by atoms with E-state index in [0.717, 1.165) is 64.5 Å². The van der Waals surface area contributed by atoms with Crippen molar-refractivity contribution in [2.45, 2.75) is 101 Å². The van der Waals surface area contributed by atoms with Gasteiger partial charge >= 0.3 is 17.9 Å². The zero-order valence-corrected chi connectivity index (χ0v) is 18.3. The van der Waals surface area contributed by atoms with Crippen LogP contribution in [0.4, 0.5) is 13.6 Å². The molecule has 3 atom stereocenters. The molecule has 0 spiro atoms. The van der Waals surface area contributed by atoms with Crippen molar-refractivity contribution in [3.8, 4) is 0 Å². The van der Waals surface area contributed by atoms with E-state index in [-0.39, 0.29) is 29.8 Å². The summed E-state index contributed by atoms with van der Waals surface area (Å²) in [5, 5.41) is 0. The number of alkyl halides is 2. The normalized spacial score (nSPS) is 33.8. The number of carbonyl (C=O) groups excluding carboxylic acids is 2. The van der Waals surface area contributed by atoms with Gasteiger partial charge in [-0.15, -0.1) is 0 Å². The Bertz CT molecular complexity index is 764. The molecule has 5 aliphatic rings. The van der Waals surface area contributed by atoms with Gasteiger partial charge in [0.25, 0.3) is 0 Å². The molecule has 2 amide bonds. The van der Waals surface area contributed by atoms with E-state index in [9.17, 15) is 18.4 Å². The molecule has 3 fully saturated rings. The first-order chi connectivity index (χ1) is 14.9. The van der Waals surface area contributed by atoms with Crippen LogP contribution in [0.3, 0.4) is 0 Å². The SMILES string of the molecule is CCOC(=O)N1C2CC[C@@H]1CC(N1CCC(N3C(=O)C(F)(F)C4=C3CCCC4)CC1)C2. The Hall–Kier alpha value is -1.70. The first-order valence-corrected chi connectivity index (χ1v) is 12.0. The number of halogens is 2. The monoisotopic (exact) mass is 437 g/mol. The van der Waals surface area contributed by atoms with Crippen LogP contribution in [0, 0.1) is 0 Å². The third-order valence-corrected chi connectivity index (χ3v) is 8.16. The predicted molar refractivity (Wildman–Crippen MR) is 111 cm³/mol. The van der Waals surface area contributed by atoms with Crippen molar-refractivity contribution >= 4 is 12.0 Å². The van der Waals surface area contributed by atoms with Gasteiger partial charge in [-0.05, 0) is 71.1 Å². The quantitative estimate of drug-likeness (QED) is 0.672. The van der Waals surface area contributed by atoms with Crippen molar-refractivity contribution in [1.82, 2.24) is 14.7 Å². The molecule has 4 aliphatic heterocycles. The molecule has 2 unspecified atom stereocenters. The molecule has 0 radical (unpaired) electrons. The number of piperidine rings is 2. The second-order valence-electron chi connectivity index (χ2n) is 9.77. The lowest BCUT2D eigenvalue weighted by Gasteiger charge is -2.46. The first-order valence-electron chi connectivity index (χ1n) is 12.0. The highest BCUT2D eigenvalue weighted by atomic mass is 19.3. The smallest absolute Gasteiger partial charge is 0.410 e. The maximum Gasteiger partial charge on any atom is 0.410 e. The Morgan fingerprint density at radius 3 is 2.29 bits per heavy atom. The molecule has 4 heterocycles. The van der Waals surface area contributed by atoms with E-state index in [1.54, 1.807) is 0 Å². The van der Waals surface area contributed by atoms with Gasteiger partial charge in [-0.3, -0.25) is 4.79 Å². The fourth-order valence-electron chi connectivity index (χ4n) is 6.73. The van der Waals surface area contributed by atoms with Gasteiger partial charge < -0.3 is 19.4 Å². The molecule has 6 nitrogen and oxygen atoms in total. The molecule has 172 valence electrons. The molecule has 2 bridgehead atoms. The molecular formula is C23H33F2N3O3. The lowest BCUT2D eigenvalue weighted by Crippen LogP contribution is -2.55. The summed E-state index contributed by atoms with van der Waals surface area (Å²) in [6.45, 7) is 3.89. The van der Waals surface area contributed by atoms with E-state index in [1.165, 1.54) is 4.90 Å². The summed E-state index contributed by atoms with van der Waals surface area (Å²) >= 11 is 0. The maximum absolute atomic E-state index is 14.6. The number of likely N-dealkylation sites (tertiary alicyclic amines) is 1. The van der Waals surface area contributed by atoms with Gasteiger partial charge in [0.05, 0.1) is 6.61 Å². The fraction of sp³-hybridized carbons (Fsp3) is 0.826. The van der Waals surface area contributed by atoms with Crippen molar-refractivity contribution in [3.05, 3.63) is 11.3 Å². The number of hydrogen-bond acceptors (Lipinski definition) is 4. The molecule has 31 heavy (non-hydrogen) atoms. The van der Waals surface area contributed by atoms with Crippen LogP contribution < -0.4 is 0 Å². The highest BCUT2D eigenvalue weighted by molar-refractivity contribution is 5.92. The Morgan fingerprint density at radius 2 is 1.65 bits per heavy atom. The van der Waals surface area contributed by atoms with Crippen LogP contribution in [0.5, 0.6) is 0 Å². The van der Waals surface area contributed by atoms with Crippen LogP contribution in [-0.2, 0) is 9.53 Å². The number of carbonyl (C=O) groups is 2. The van der Waals surface area contributed by atoms with E-state index in [4.69, 9.17) is 4.74 Å². The molecular weight excluding hydrogens is 404 g/mol. The Labute approximate surface area is 182 Å². The van der Waals surface area contributed by atoms with E-state index < -0.39 is 11.8 Å². The number of fused-ring (bicyclic) bond motifs is 2. The van der Waals surface area contributed by atoms with Crippen LogP contribution >= 0.6 is 0 Å². The van der Waals surface area contributed by atoms with Gasteiger partial charge in [0, 0.05) is 48.5 Å². The van der Waals surface area contributed by atoms with Crippen molar-refractivity contribution < 1.29 is 23.1 Å². The van der Waals surface area contributed by atoms with Crippen LogP contribution in [0.25, 0.3) is 0 Å². The molecule has 0 aromatic carbocycles. The van der Waals surface area contributed by atoms with Crippen LogP contribution in [0.15, 0.2) is 11.3 Å². The summed E-state index contributed by atoms with van der Waals surface area (Å²) in [5.74, 6) is -4.29. The number of hydrogen-bond donors (Lipinski definition) is 0. The zero-order chi connectivity index (χ0) is 21.8. The van der Waals surface area contributed by atoms with Crippen molar-refractivity contribution in [2.75, 3.05) is 19.7 Å². The zero-order valence-electron chi connectivity index (χ0n) is 18.3. The summed E-state index contributed by atoms with van der Waals surface area (Å²) in [6.07, 6.45) is 7.87. The fourth-order valence-corrected chi connectivity index (χ4v) is 6.73. The van der Waals surface area contributed by atoms with Gasteiger partial charge in [0.1, 0.15) is 0 Å². The minimum absolute atomic E-state index is 0.0918. The topological polar surface area (TPSA) is 53.1 Å².